The Kier molecular flexibility index (Phi) is 3.47. The van der Waals surface area contributed by atoms with E-state index in [0.29, 0.717) is 12.0 Å². The van der Waals surface area contributed by atoms with E-state index in [1.54, 1.807) is 0 Å². The van der Waals surface area contributed by atoms with Gasteiger partial charge in [-0.3, -0.25) is 4.98 Å². The van der Waals surface area contributed by atoms with Gasteiger partial charge in [0, 0.05) is 11.7 Å². The fourth-order valence-corrected chi connectivity index (χ4v) is 2.46. The molecule has 0 radical (unpaired) electrons. The predicted molar refractivity (Wildman–Crippen MR) is 68.8 cm³/mol. The molecule has 0 saturated carbocycles. The molecule has 88 valence electrons. The molecule has 1 heterocycles. The predicted octanol–water partition coefficient (Wildman–Crippen LogP) is 3.42. The van der Waals surface area contributed by atoms with Crippen molar-refractivity contribution < 1.29 is 0 Å². The summed E-state index contributed by atoms with van der Waals surface area (Å²) < 4.78 is 0. The van der Waals surface area contributed by atoms with Crippen LogP contribution in [0.1, 0.15) is 44.9 Å². The average Bonchev–Trinajstić information content (AvgIpc) is 2.72. The van der Waals surface area contributed by atoms with Crippen LogP contribution >= 0.6 is 0 Å². The molecule has 16 heavy (non-hydrogen) atoms. The maximum Gasteiger partial charge on any atom is 0.0531 e. The van der Waals surface area contributed by atoms with E-state index in [-0.39, 0.29) is 0 Å². The monoisotopic (exact) mass is 218 g/mol. The molecule has 1 aromatic heterocycles. The number of hydrogen-bond acceptors (Lipinski definition) is 2. The lowest BCUT2D eigenvalue weighted by molar-refractivity contribution is 0.511. The Morgan fingerprint density at radius 1 is 1.38 bits per heavy atom. The fraction of sp³-hybridized carbons (Fsp3) is 0.643. The van der Waals surface area contributed by atoms with Crippen molar-refractivity contribution in [3.8, 4) is 0 Å². The second kappa shape index (κ2) is 4.86. The van der Waals surface area contributed by atoms with Crippen LogP contribution in [0.2, 0.25) is 0 Å². The zero-order valence-electron chi connectivity index (χ0n) is 10.6. The summed E-state index contributed by atoms with van der Waals surface area (Å²) in [7, 11) is 0. The molecule has 0 aromatic carbocycles. The number of hydrogen-bond donors (Lipinski definition) is 1. The van der Waals surface area contributed by atoms with Crippen molar-refractivity contribution >= 4 is 5.69 Å². The third-order valence-electron chi connectivity index (χ3n) is 3.52. The number of anilines is 1. The lowest BCUT2D eigenvalue weighted by atomic mass is 10.0. The van der Waals surface area contributed by atoms with Crippen LogP contribution in [0.25, 0.3) is 0 Å². The molecule has 0 spiro atoms. The Hall–Kier alpha value is -1.05. The molecule has 1 aromatic rings. The summed E-state index contributed by atoms with van der Waals surface area (Å²) in [6, 6.07) is 2.85. The first kappa shape index (κ1) is 11.4. The van der Waals surface area contributed by atoms with Crippen molar-refractivity contribution in [3.05, 3.63) is 23.5 Å². The lowest BCUT2D eigenvalue weighted by Gasteiger charge is -2.22. The van der Waals surface area contributed by atoms with Gasteiger partial charge in [-0.25, -0.2) is 0 Å². The summed E-state index contributed by atoms with van der Waals surface area (Å²) in [4.78, 5) is 4.54. The van der Waals surface area contributed by atoms with Gasteiger partial charge in [-0.15, -0.1) is 0 Å². The Balaban J connectivity index is 2.10. The molecule has 2 rings (SSSR count). The van der Waals surface area contributed by atoms with E-state index >= 15 is 0 Å². The first-order valence-corrected chi connectivity index (χ1v) is 6.45. The zero-order valence-corrected chi connectivity index (χ0v) is 10.6. The van der Waals surface area contributed by atoms with Crippen LogP contribution in [0.4, 0.5) is 5.69 Å². The van der Waals surface area contributed by atoms with Crippen LogP contribution < -0.4 is 5.32 Å². The van der Waals surface area contributed by atoms with E-state index in [1.807, 2.05) is 6.20 Å². The van der Waals surface area contributed by atoms with Gasteiger partial charge in [0.05, 0.1) is 11.9 Å². The van der Waals surface area contributed by atoms with Crippen LogP contribution in [0, 0.1) is 5.92 Å². The van der Waals surface area contributed by atoms with Crippen LogP contribution in [0.15, 0.2) is 12.3 Å². The Morgan fingerprint density at radius 2 is 2.19 bits per heavy atom. The molecular weight excluding hydrogens is 196 g/mol. The highest BCUT2D eigenvalue weighted by Crippen LogP contribution is 2.23. The van der Waals surface area contributed by atoms with Gasteiger partial charge in [-0.1, -0.05) is 20.8 Å². The molecule has 1 unspecified atom stereocenters. The van der Waals surface area contributed by atoms with Gasteiger partial charge >= 0.3 is 0 Å². The van der Waals surface area contributed by atoms with Crippen LogP contribution in [0.5, 0.6) is 0 Å². The number of nitrogens with zero attached hydrogens (tertiary/aromatic N) is 1. The maximum absolute atomic E-state index is 4.54. The molecule has 0 bridgehead atoms. The molecule has 1 atom stereocenters. The minimum atomic E-state index is 0.557. The average molecular weight is 218 g/mol. The van der Waals surface area contributed by atoms with Gasteiger partial charge < -0.3 is 5.32 Å². The highest BCUT2D eigenvalue weighted by atomic mass is 14.9. The van der Waals surface area contributed by atoms with Crippen molar-refractivity contribution in [1.82, 2.24) is 4.98 Å². The minimum absolute atomic E-state index is 0.557. The second-order valence-electron chi connectivity index (χ2n) is 5.09. The number of fused-ring (bicyclic) bond motifs is 1. The molecule has 0 amide bonds. The number of rotatable bonds is 4. The Bertz CT molecular complexity index is 358. The summed E-state index contributed by atoms with van der Waals surface area (Å²) in [6.07, 6.45) is 6.80. The quantitative estimate of drug-likeness (QED) is 0.837. The molecule has 2 nitrogen and oxygen atoms in total. The van der Waals surface area contributed by atoms with Crippen LogP contribution in [0.3, 0.4) is 0 Å². The standard InChI is InChI=1S/C14H22N2/c1-4-13(10(2)3)16-12-8-11-6-5-7-14(11)15-9-12/h8-10,13,16H,4-7H2,1-3H3. The van der Waals surface area contributed by atoms with Gasteiger partial charge in [0.15, 0.2) is 0 Å². The molecule has 1 aliphatic rings. The number of aryl methyl sites for hydroxylation is 2. The summed E-state index contributed by atoms with van der Waals surface area (Å²) in [5.74, 6) is 0.665. The van der Waals surface area contributed by atoms with Crippen molar-refractivity contribution in [1.29, 1.82) is 0 Å². The van der Waals surface area contributed by atoms with Crippen LogP contribution in [-0.4, -0.2) is 11.0 Å². The molecule has 2 heteroatoms. The van der Waals surface area contributed by atoms with Gasteiger partial charge in [0.1, 0.15) is 0 Å². The summed E-state index contributed by atoms with van der Waals surface area (Å²) in [5.41, 5.74) is 3.95. The molecule has 1 aliphatic carbocycles. The fourth-order valence-electron chi connectivity index (χ4n) is 2.46. The lowest BCUT2D eigenvalue weighted by Crippen LogP contribution is -2.24. The Labute approximate surface area is 98.5 Å². The van der Waals surface area contributed by atoms with E-state index < -0.39 is 0 Å². The van der Waals surface area contributed by atoms with Crippen molar-refractivity contribution in [2.75, 3.05) is 5.32 Å². The number of nitrogens with one attached hydrogen (secondary N) is 1. The smallest absolute Gasteiger partial charge is 0.0531 e. The van der Waals surface area contributed by atoms with Gasteiger partial charge in [-0.05, 0) is 43.2 Å². The van der Waals surface area contributed by atoms with Gasteiger partial charge in [0.2, 0.25) is 0 Å². The first-order valence-electron chi connectivity index (χ1n) is 6.45. The minimum Gasteiger partial charge on any atom is -0.381 e. The third kappa shape index (κ3) is 2.37. The highest BCUT2D eigenvalue weighted by Gasteiger charge is 2.15. The van der Waals surface area contributed by atoms with E-state index in [9.17, 15) is 0 Å². The molecular formula is C14H22N2. The summed E-state index contributed by atoms with van der Waals surface area (Å²) in [6.45, 7) is 6.77. The largest absolute Gasteiger partial charge is 0.381 e. The van der Waals surface area contributed by atoms with E-state index in [4.69, 9.17) is 0 Å². The zero-order chi connectivity index (χ0) is 11.5. The Morgan fingerprint density at radius 3 is 2.88 bits per heavy atom. The van der Waals surface area contributed by atoms with Crippen molar-refractivity contribution in [3.63, 3.8) is 0 Å². The second-order valence-corrected chi connectivity index (χ2v) is 5.09. The maximum atomic E-state index is 4.54. The highest BCUT2D eigenvalue weighted by molar-refractivity contribution is 5.46. The van der Waals surface area contributed by atoms with E-state index in [2.05, 4.69) is 37.1 Å². The molecule has 0 aliphatic heterocycles. The molecule has 1 N–H and O–H groups in total. The summed E-state index contributed by atoms with van der Waals surface area (Å²) in [5, 5.41) is 3.60. The normalized spacial score (nSPS) is 16.2. The first-order chi connectivity index (χ1) is 7.70. The van der Waals surface area contributed by atoms with Crippen molar-refractivity contribution in [2.24, 2.45) is 5.92 Å². The third-order valence-corrected chi connectivity index (χ3v) is 3.52. The summed E-state index contributed by atoms with van der Waals surface area (Å²) >= 11 is 0. The SMILES string of the molecule is CCC(Nc1cnc2c(c1)CCC2)C(C)C. The van der Waals surface area contributed by atoms with Gasteiger partial charge in [-0.2, -0.15) is 0 Å². The molecule has 0 fully saturated rings. The van der Waals surface area contributed by atoms with Crippen LogP contribution in [-0.2, 0) is 12.8 Å². The molecule has 0 saturated heterocycles. The van der Waals surface area contributed by atoms with E-state index in [1.165, 1.54) is 29.8 Å². The number of aromatic nitrogens is 1. The van der Waals surface area contributed by atoms with Gasteiger partial charge in [0.25, 0.3) is 0 Å². The van der Waals surface area contributed by atoms with E-state index in [0.717, 1.165) is 12.8 Å². The number of pyridine rings is 1. The topological polar surface area (TPSA) is 24.9 Å². The van der Waals surface area contributed by atoms with Crippen molar-refractivity contribution in [2.45, 2.75) is 52.5 Å².